The Morgan fingerprint density at radius 3 is 2.40 bits per heavy atom. The van der Waals surface area contributed by atoms with E-state index < -0.39 is 12.7 Å². The Kier molecular flexibility index (Phi) is 4.74. The van der Waals surface area contributed by atoms with Gasteiger partial charge in [-0.3, -0.25) is 15.5 Å². The number of hydrogen-bond acceptors (Lipinski definition) is 5. The summed E-state index contributed by atoms with van der Waals surface area (Å²) in [5.74, 6) is -0.192. The number of hydrogen-bond donors (Lipinski definition) is 3. The fourth-order valence-electron chi connectivity index (χ4n) is 4.12. The third kappa shape index (κ3) is 3.76. The molecule has 25 heavy (non-hydrogen) atoms. The van der Waals surface area contributed by atoms with Crippen molar-refractivity contribution in [2.24, 2.45) is 0 Å². The van der Waals surface area contributed by atoms with E-state index in [0.29, 0.717) is 6.54 Å². The van der Waals surface area contributed by atoms with E-state index in [1.165, 1.54) is 12.1 Å². The van der Waals surface area contributed by atoms with E-state index in [-0.39, 0.29) is 16.8 Å². The Labute approximate surface area is 145 Å². The molecule has 0 radical (unpaired) electrons. The zero-order valence-electron chi connectivity index (χ0n) is 14.4. The van der Waals surface area contributed by atoms with Crippen molar-refractivity contribution in [3.63, 3.8) is 0 Å². The number of halogens is 3. The normalized spacial score (nSPS) is 33.2. The van der Waals surface area contributed by atoms with Crippen molar-refractivity contribution in [2.45, 2.75) is 49.5 Å². The van der Waals surface area contributed by atoms with Gasteiger partial charge in [0.25, 0.3) is 0 Å². The summed E-state index contributed by atoms with van der Waals surface area (Å²) >= 11 is 0. The summed E-state index contributed by atoms with van der Waals surface area (Å²) in [5, 5.41) is 15.9. The topological polar surface area (TPSA) is 56.8 Å². The minimum absolute atomic E-state index is 0.154. The Morgan fingerprint density at radius 2 is 1.88 bits per heavy atom. The van der Waals surface area contributed by atoms with Gasteiger partial charge in [-0.1, -0.05) is 12.1 Å². The summed E-state index contributed by atoms with van der Waals surface area (Å²) in [6.07, 6.45) is -2.21. The van der Waals surface area contributed by atoms with Crippen LogP contribution < -0.4 is 15.4 Å². The molecule has 2 aliphatic rings. The molecule has 0 bridgehead atoms. The van der Waals surface area contributed by atoms with E-state index >= 15 is 0 Å². The molecule has 1 aromatic carbocycles. The first-order chi connectivity index (χ1) is 11.6. The van der Waals surface area contributed by atoms with Crippen LogP contribution in [0.15, 0.2) is 24.3 Å². The van der Waals surface area contributed by atoms with Gasteiger partial charge < -0.3 is 9.84 Å². The van der Waals surface area contributed by atoms with E-state index in [2.05, 4.69) is 20.3 Å². The molecule has 1 saturated heterocycles. The lowest BCUT2D eigenvalue weighted by molar-refractivity contribution is -0.274. The van der Waals surface area contributed by atoms with E-state index in [1.54, 1.807) is 6.07 Å². The Balaban J connectivity index is 1.84. The van der Waals surface area contributed by atoms with Crippen LogP contribution in [0, 0.1) is 0 Å². The molecule has 2 fully saturated rings. The molecule has 3 N–H and O–H groups in total. The van der Waals surface area contributed by atoms with Crippen LogP contribution in [0.1, 0.15) is 31.2 Å². The van der Waals surface area contributed by atoms with Crippen LogP contribution in [0.3, 0.4) is 0 Å². The first-order valence-corrected chi connectivity index (χ1v) is 8.37. The van der Waals surface area contributed by atoms with E-state index in [1.807, 2.05) is 20.2 Å². The van der Waals surface area contributed by atoms with Gasteiger partial charge in [0, 0.05) is 17.6 Å². The number of nitrogens with zero attached hydrogens (tertiary/aromatic N) is 1. The van der Waals surface area contributed by atoms with Gasteiger partial charge in [-0.2, -0.15) is 0 Å². The number of aliphatic hydroxyl groups excluding tert-OH is 1. The lowest BCUT2D eigenvalue weighted by Gasteiger charge is -2.49. The lowest BCUT2D eigenvalue weighted by Crippen LogP contribution is -2.54. The van der Waals surface area contributed by atoms with E-state index in [0.717, 1.165) is 31.2 Å². The molecule has 3 rings (SSSR count). The van der Waals surface area contributed by atoms with Crippen molar-refractivity contribution < 1.29 is 23.0 Å². The van der Waals surface area contributed by atoms with Gasteiger partial charge in [0.2, 0.25) is 0 Å². The van der Waals surface area contributed by atoms with Gasteiger partial charge in [0.15, 0.2) is 6.35 Å². The van der Waals surface area contributed by atoms with E-state index in [9.17, 15) is 18.3 Å². The molecule has 1 aliphatic carbocycles. The van der Waals surface area contributed by atoms with Crippen LogP contribution in [0.2, 0.25) is 0 Å². The number of alkyl halides is 3. The summed E-state index contributed by atoms with van der Waals surface area (Å²) in [6, 6.07) is 6.27. The predicted molar refractivity (Wildman–Crippen MR) is 86.8 cm³/mol. The molecule has 140 valence electrons. The average Bonchev–Trinajstić information content (AvgIpc) is 2.87. The van der Waals surface area contributed by atoms with Crippen molar-refractivity contribution in [2.75, 3.05) is 20.6 Å². The highest BCUT2D eigenvalue weighted by atomic mass is 19.4. The summed E-state index contributed by atoms with van der Waals surface area (Å²) in [7, 11) is 3.90. The van der Waals surface area contributed by atoms with Crippen molar-refractivity contribution in [1.29, 1.82) is 0 Å². The lowest BCUT2D eigenvalue weighted by atomic mass is 9.69. The molecule has 1 aromatic rings. The quantitative estimate of drug-likeness (QED) is 0.772. The van der Waals surface area contributed by atoms with Crippen LogP contribution in [0.25, 0.3) is 0 Å². The summed E-state index contributed by atoms with van der Waals surface area (Å²) in [5.41, 5.74) is 0.311. The Morgan fingerprint density at radius 1 is 1.20 bits per heavy atom. The average molecular weight is 359 g/mol. The SMILES string of the molecule is CN(C)C1(c2cccc(OC(F)(F)F)c2)CCC2(CC1)CNC(O)N2. The minimum Gasteiger partial charge on any atom is -0.406 e. The van der Waals surface area contributed by atoms with Gasteiger partial charge in [-0.25, -0.2) is 0 Å². The van der Waals surface area contributed by atoms with Gasteiger partial charge in [-0.15, -0.1) is 13.2 Å². The van der Waals surface area contributed by atoms with Gasteiger partial charge in [0.05, 0.1) is 0 Å². The van der Waals surface area contributed by atoms with Crippen LogP contribution in [-0.4, -0.2) is 48.9 Å². The number of benzene rings is 1. The third-order valence-corrected chi connectivity index (χ3v) is 5.57. The summed E-state index contributed by atoms with van der Waals surface area (Å²) in [6.45, 7) is 0.689. The second-order valence-electron chi connectivity index (χ2n) is 7.21. The molecule has 8 heteroatoms. The Hall–Kier alpha value is -1.35. The molecule has 1 unspecified atom stereocenters. The highest BCUT2D eigenvalue weighted by molar-refractivity contribution is 5.34. The minimum atomic E-state index is -4.70. The molecular formula is C17H24F3N3O2. The number of ether oxygens (including phenoxy) is 1. The monoisotopic (exact) mass is 359 g/mol. The standard InChI is InChI=1S/C17H24F3N3O2/c1-23(2)16(8-6-15(7-9-16)11-21-14(24)22-15)12-4-3-5-13(10-12)25-17(18,19)20/h3-5,10,14,21-22,24H,6-9,11H2,1-2H3. The van der Waals surface area contributed by atoms with Crippen molar-refractivity contribution >= 4 is 0 Å². The third-order valence-electron chi connectivity index (χ3n) is 5.57. The zero-order chi connectivity index (χ0) is 18.3. The van der Waals surface area contributed by atoms with Gasteiger partial charge in [-0.05, 0) is 57.5 Å². The summed E-state index contributed by atoms with van der Waals surface area (Å²) < 4.78 is 41.7. The maximum atomic E-state index is 12.5. The van der Waals surface area contributed by atoms with Crippen molar-refractivity contribution in [3.8, 4) is 5.75 Å². The number of nitrogens with one attached hydrogen (secondary N) is 2. The fourth-order valence-corrected chi connectivity index (χ4v) is 4.12. The second kappa shape index (κ2) is 6.42. The van der Waals surface area contributed by atoms with Crippen LogP contribution in [0.5, 0.6) is 5.75 Å². The molecule has 0 amide bonds. The molecule has 1 saturated carbocycles. The maximum Gasteiger partial charge on any atom is 0.573 e. The number of rotatable bonds is 3. The first-order valence-electron chi connectivity index (χ1n) is 8.37. The highest BCUT2D eigenvalue weighted by Crippen LogP contribution is 2.46. The van der Waals surface area contributed by atoms with Crippen LogP contribution >= 0.6 is 0 Å². The smallest absolute Gasteiger partial charge is 0.406 e. The van der Waals surface area contributed by atoms with Crippen molar-refractivity contribution in [1.82, 2.24) is 15.5 Å². The van der Waals surface area contributed by atoms with Gasteiger partial charge in [0.1, 0.15) is 5.75 Å². The molecule has 1 aliphatic heterocycles. The van der Waals surface area contributed by atoms with Crippen LogP contribution in [0.4, 0.5) is 13.2 Å². The van der Waals surface area contributed by atoms with Gasteiger partial charge >= 0.3 is 6.36 Å². The maximum absolute atomic E-state index is 12.5. The molecule has 1 spiro atoms. The van der Waals surface area contributed by atoms with E-state index in [4.69, 9.17) is 0 Å². The fraction of sp³-hybridized carbons (Fsp3) is 0.647. The Bertz CT molecular complexity index is 613. The molecule has 1 atom stereocenters. The zero-order valence-corrected chi connectivity index (χ0v) is 14.4. The molecule has 5 nitrogen and oxygen atoms in total. The van der Waals surface area contributed by atoms with Crippen LogP contribution in [-0.2, 0) is 5.54 Å². The highest BCUT2D eigenvalue weighted by Gasteiger charge is 2.47. The number of aliphatic hydroxyl groups is 1. The largest absolute Gasteiger partial charge is 0.573 e. The first kappa shape index (κ1) is 18.4. The molecule has 0 aromatic heterocycles. The second-order valence-corrected chi connectivity index (χ2v) is 7.21. The summed E-state index contributed by atoms with van der Waals surface area (Å²) in [4.78, 5) is 2.07. The molecule has 1 heterocycles. The van der Waals surface area contributed by atoms with Crippen molar-refractivity contribution in [3.05, 3.63) is 29.8 Å². The predicted octanol–water partition coefficient (Wildman–Crippen LogP) is 2.12. The molecular weight excluding hydrogens is 335 g/mol.